The number of ether oxygens (including phenoxy) is 3. The number of esters is 3. The van der Waals surface area contributed by atoms with Crippen molar-refractivity contribution in [2.45, 2.75) is 213 Å². The Morgan fingerprint density at radius 1 is 0.339 bits per heavy atom. The van der Waals surface area contributed by atoms with Crippen molar-refractivity contribution in [1.82, 2.24) is 0 Å². The van der Waals surface area contributed by atoms with Gasteiger partial charge in [0.25, 0.3) is 0 Å². The maximum Gasteiger partial charge on any atom is 0.306 e. The van der Waals surface area contributed by atoms with Gasteiger partial charge < -0.3 is 14.2 Å². The fourth-order valence-corrected chi connectivity index (χ4v) is 6.27. The summed E-state index contributed by atoms with van der Waals surface area (Å²) < 4.78 is 16.6. The summed E-state index contributed by atoms with van der Waals surface area (Å²) >= 11 is 0. The molecule has 6 nitrogen and oxygen atoms in total. The highest BCUT2D eigenvalue weighted by atomic mass is 16.6. The molecule has 350 valence electrons. The first-order valence-electron chi connectivity index (χ1n) is 24.9. The van der Waals surface area contributed by atoms with E-state index in [-0.39, 0.29) is 37.5 Å². The van der Waals surface area contributed by atoms with Gasteiger partial charge in [0.15, 0.2) is 6.10 Å². The zero-order valence-electron chi connectivity index (χ0n) is 39.8. The highest BCUT2D eigenvalue weighted by Gasteiger charge is 2.19. The molecule has 0 aromatic heterocycles. The average Bonchev–Trinajstić information content (AvgIpc) is 3.27. The number of rotatable bonds is 43. The Bertz CT molecular complexity index is 1310. The fourth-order valence-electron chi connectivity index (χ4n) is 6.27. The summed E-state index contributed by atoms with van der Waals surface area (Å²) in [6, 6.07) is 0. The molecule has 62 heavy (non-hydrogen) atoms. The quantitative estimate of drug-likeness (QED) is 0.0263. The Labute approximate surface area is 380 Å². The predicted molar refractivity (Wildman–Crippen MR) is 265 cm³/mol. The lowest BCUT2D eigenvalue weighted by molar-refractivity contribution is -0.167. The van der Waals surface area contributed by atoms with Crippen LogP contribution in [0.3, 0.4) is 0 Å². The van der Waals surface area contributed by atoms with Crippen LogP contribution in [0.1, 0.15) is 207 Å². The Morgan fingerprint density at radius 2 is 0.661 bits per heavy atom. The highest BCUT2D eigenvalue weighted by molar-refractivity contribution is 5.71. The summed E-state index contributed by atoms with van der Waals surface area (Å²) in [6.07, 6.45) is 66.6. The molecule has 0 heterocycles. The van der Waals surface area contributed by atoms with Crippen LogP contribution in [0.15, 0.2) is 109 Å². The normalized spacial score (nSPS) is 13.0. The SMILES string of the molecule is CC/C=C\C/C=C\C/C=C\C/C=C\C/C=C\C/C=C\C/C=C\CCCC(=O)OCC(COC(=O)CCCCCCCCC)OC(=O)CCCCCCC/C=C\C/C=C\CCCC. The van der Waals surface area contributed by atoms with Crippen molar-refractivity contribution >= 4 is 17.9 Å². The summed E-state index contributed by atoms with van der Waals surface area (Å²) in [6.45, 7) is 6.35. The fraction of sp³-hybridized carbons (Fsp3) is 0.625. The first kappa shape index (κ1) is 58.1. The minimum Gasteiger partial charge on any atom is -0.462 e. The van der Waals surface area contributed by atoms with Gasteiger partial charge in [-0.05, 0) is 96.3 Å². The van der Waals surface area contributed by atoms with E-state index in [1.807, 2.05) is 0 Å². The number of carbonyl (C=O) groups excluding carboxylic acids is 3. The van der Waals surface area contributed by atoms with Crippen LogP contribution in [0, 0.1) is 0 Å². The Hall–Kier alpha value is -3.93. The summed E-state index contributed by atoms with van der Waals surface area (Å²) in [5, 5.41) is 0. The second kappa shape index (κ2) is 49.7. The molecule has 6 heteroatoms. The smallest absolute Gasteiger partial charge is 0.306 e. The Morgan fingerprint density at radius 3 is 1.10 bits per heavy atom. The lowest BCUT2D eigenvalue weighted by Crippen LogP contribution is -2.30. The number of carbonyl (C=O) groups is 3. The molecule has 0 saturated heterocycles. The van der Waals surface area contributed by atoms with E-state index in [0.717, 1.165) is 116 Å². The van der Waals surface area contributed by atoms with Gasteiger partial charge in [-0.25, -0.2) is 0 Å². The number of unbranched alkanes of at least 4 members (excludes halogenated alkanes) is 14. The lowest BCUT2D eigenvalue weighted by Gasteiger charge is -2.18. The molecule has 0 aromatic carbocycles. The molecule has 0 aliphatic carbocycles. The van der Waals surface area contributed by atoms with Crippen LogP contribution in [0.25, 0.3) is 0 Å². The highest BCUT2D eigenvalue weighted by Crippen LogP contribution is 2.12. The van der Waals surface area contributed by atoms with Gasteiger partial charge in [0.2, 0.25) is 0 Å². The monoisotopic (exact) mass is 859 g/mol. The van der Waals surface area contributed by atoms with Gasteiger partial charge in [0, 0.05) is 19.3 Å². The number of hydrogen-bond donors (Lipinski definition) is 0. The van der Waals surface area contributed by atoms with Crippen molar-refractivity contribution in [2.24, 2.45) is 0 Å². The van der Waals surface area contributed by atoms with Crippen LogP contribution in [0.4, 0.5) is 0 Å². The Kier molecular flexibility index (Phi) is 46.6. The van der Waals surface area contributed by atoms with Gasteiger partial charge in [-0.1, -0.05) is 201 Å². The van der Waals surface area contributed by atoms with E-state index in [0.29, 0.717) is 19.3 Å². The molecular formula is C56H90O6. The molecule has 0 bridgehead atoms. The summed E-state index contributed by atoms with van der Waals surface area (Å²) in [5.74, 6) is -0.995. The van der Waals surface area contributed by atoms with Gasteiger partial charge in [-0.2, -0.15) is 0 Å². The first-order chi connectivity index (χ1) is 30.5. The molecule has 0 radical (unpaired) electrons. The van der Waals surface area contributed by atoms with Crippen LogP contribution >= 0.6 is 0 Å². The average molecular weight is 859 g/mol. The van der Waals surface area contributed by atoms with Crippen molar-refractivity contribution in [3.63, 3.8) is 0 Å². The van der Waals surface area contributed by atoms with E-state index in [2.05, 4.69) is 130 Å². The molecule has 0 spiro atoms. The largest absolute Gasteiger partial charge is 0.462 e. The van der Waals surface area contributed by atoms with E-state index in [9.17, 15) is 14.4 Å². The predicted octanol–water partition coefficient (Wildman–Crippen LogP) is 16.4. The van der Waals surface area contributed by atoms with Crippen molar-refractivity contribution in [3.05, 3.63) is 109 Å². The molecule has 0 saturated carbocycles. The molecular weight excluding hydrogens is 769 g/mol. The third-order valence-electron chi connectivity index (χ3n) is 10.0. The zero-order valence-corrected chi connectivity index (χ0v) is 39.8. The van der Waals surface area contributed by atoms with E-state index >= 15 is 0 Å². The molecule has 0 rings (SSSR count). The molecule has 0 aromatic rings. The van der Waals surface area contributed by atoms with Crippen molar-refractivity contribution in [3.8, 4) is 0 Å². The minimum atomic E-state index is -0.806. The van der Waals surface area contributed by atoms with Gasteiger partial charge in [0.05, 0.1) is 0 Å². The van der Waals surface area contributed by atoms with Crippen LogP contribution in [0.2, 0.25) is 0 Å². The van der Waals surface area contributed by atoms with Crippen LogP contribution in [0.5, 0.6) is 0 Å². The van der Waals surface area contributed by atoms with Gasteiger partial charge in [-0.3, -0.25) is 14.4 Å². The van der Waals surface area contributed by atoms with Gasteiger partial charge in [-0.15, -0.1) is 0 Å². The standard InChI is InChI=1S/C56H90O6/c1-4-7-10-13-16-18-20-22-24-25-26-27-28-29-30-31-32-34-35-37-40-43-46-49-55(58)61-52-53(51-60-54(57)48-45-42-39-15-12-9-6-3)62-56(59)50-47-44-41-38-36-33-23-21-19-17-14-11-8-5-2/h7,10,14,16-18,21-24,26-27,29-30,32,34,37,40,53H,4-6,8-9,11-13,15,19-20,25,28,31,33,35-36,38-39,41-52H2,1-3H3/b10-7-,17-14-,18-16-,23-21-,24-22-,27-26-,30-29-,34-32-,40-37-. The van der Waals surface area contributed by atoms with Crippen LogP contribution in [-0.2, 0) is 28.6 Å². The third-order valence-corrected chi connectivity index (χ3v) is 10.0. The maximum absolute atomic E-state index is 12.7. The second-order valence-corrected chi connectivity index (χ2v) is 16.0. The lowest BCUT2D eigenvalue weighted by atomic mass is 10.1. The zero-order chi connectivity index (χ0) is 45.1. The summed E-state index contributed by atoms with van der Waals surface area (Å²) in [4.78, 5) is 37.7. The van der Waals surface area contributed by atoms with E-state index < -0.39 is 6.10 Å². The second-order valence-electron chi connectivity index (χ2n) is 16.0. The topological polar surface area (TPSA) is 78.9 Å². The summed E-state index contributed by atoms with van der Waals surface area (Å²) in [7, 11) is 0. The Balaban J connectivity index is 4.40. The van der Waals surface area contributed by atoms with Crippen LogP contribution in [-0.4, -0.2) is 37.2 Å². The van der Waals surface area contributed by atoms with Crippen molar-refractivity contribution in [2.75, 3.05) is 13.2 Å². The first-order valence-corrected chi connectivity index (χ1v) is 24.9. The number of hydrogen-bond acceptors (Lipinski definition) is 6. The molecule has 0 fully saturated rings. The molecule has 1 atom stereocenters. The van der Waals surface area contributed by atoms with E-state index in [4.69, 9.17) is 14.2 Å². The molecule has 0 aliphatic heterocycles. The molecule has 0 aliphatic rings. The van der Waals surface area contributed by atoms with Gasteiger partial charge in [0.1, 0.15) is 13.2 Å². The van der Waals surface area contributed by atoms with E-state index in [1.165, 1.54) is 44.9 Å². The van der Waals surface area contributed by atoms with E-state index in [1.54, 1.807) is 0 Å². The van der Waals surface area contributed by atoms with Crippen LogP contribution < -0.4 is 0 Å². The summed E-state index contributed by atoms with van der Waals surface area (Å²) in [5.41, 5.74) is 0. The maximum atomic E-state index is 12.7. The van der Waals surface area contributed by atoms with Gasteiger partial charge >= 0.3 is 17.9 Å². The molecule has 0 amide bonds. The van der Waals surface area contributed by atoms with Crippen molar-refractivity contribution in [1.29, 1.82) is 0 Å². The number of allylic oxidation sites excluding steroid dienone is 18. The van der Waals surface area contributed by atoms with Crippen molar-refractivity contribution < 1.29 is 28.6 Å². The third kappa shape index (κ3) is 47.1. The minimum absolute atomic E-state index is 0.103. The molecule has 1 unspecified atom stereocenters. The molecule has 0 N–H and O–H groups in total.